The summed E-state index contributed by atoms with van der Waals surface area (Å²) in [6.45, 7) is 3.92. The third-order valence-electron chi connectivity index (χ3n) is 4.14. The first-order valence-electron chi connectivity index (χ1n) is 7.63. The van der Waals surface area contributed by atoms with Crippen LogP contribution in [0, 0.1) is 6.92 Å². The Bertz CT molecular complexity index is 704. The highest BCUT2D eigenvalue weighted by Gasteiger charge is 2.31. The number of aryl methyl sites for hydroxylation is 1. The van der Waals surface area contributed by atoms with Crippen LogP contribution in [-0.4, -0.2) is 47.5 Å². The summed E-state index contributed by atoms with van der Waals surface area (Å²) < 4.78 is 5.47. The van der Waals surface area contributed by atoms with Gasteiger partial charge in [0.1, 0.15) is 12.1 Å². The first-order chi connectivity index (χ1) is 11.2. The smallest absolute Gasteiger partial charge is 0.257 e. The van der Waals surface area contributed by atoms with Gasteiger partial charge < -0.3 is 15.0 Å². The van der Waals surface area contributed by atoms with Gasteiger partial charge in [-0.15, -0.1) is 0 Å². The second-order valence-corrected chi connectivity index (χ2v) is 5.48. The van der Waals surface area contributed by atoms with Crippen molar-refractivity contribution in [2.45, 2.75) is 13.0 Å². The van der Waals surface area contributed by atoms with Crippen molar-refractivity contribution in [1.29, 1.82) is 0 Å². The van der Waals surface area contributed by atoms with E-state index in [0.29, 0.717) is 24.3 Å². The first-order valence-corrected chi connectivity index (χ1v) is 7.63. The van der Waals surface area contributed by atoms with Crippen molar-refractivity contribution in [2.75, 3.05) is 26.7 Å². The maximum atomic E-state index is 13.0. The second kappa shape index (κ2) is 6.75. The highest BCUT2D eigenvalue weighted by atomic mass is 16.5. The summed E-state index contributed by atoms with van der Waals surface area (Å²) in [5, 5.41) is 3.35. The summed E-state index contributed by atoms with van der Waals surface area (Å²) in [6, 6.07) is 7.74. The Balaban J connectivity index is 1.96. The van der Waals surface area contributed by atoms with Crippen molar-refractivity contribution in [3.8, 4) is 5.75 Å². The SMILES string of the molecule is COc1ccccc1C1CNCCN1C(=O)c1cncnc1C. The van der Waals surface area contributed by atoms with Crippen molar-refractivity contribution in [2.24, 2.45) is 0 Å². The van der Waals surface area contributed by atoms with Gasteiger partial charge in [0.25, 0.3) is 5.91 Å². The van der Waals surface area contributed by atoms with Crippen molar-refractivity contribution >= 4 is 5.91 Å². The Hall–Kier alpha value is -2.47. The summed E-state index contributed by atoms with van der Waals surface area (Å²) in [7, 11) is 1.65. The molecule has 3 rings (SSSR count). The van der Waals surface area contributed by atoms with Crippen LogP contribution < -0.4 is 10.1 Å². The molecule has 120 valence electrons. The van der Waals surface area contributed by atoms with Gasteiger partial charge in [-0.3, -0.25) is 4.79 Å². The van der Waals surface area contributed by atoms with E-state index in [1.807, 2.05) is 36.1 Å². The van der Waals surface area contributed by atoms with Gasteiger partial charge in [-0.2, -0.15) is 0 Å². The molecular weight excluding hydrogens is 292 g/mol. The number of methoxy groups -OCH3 is 1. The van der Waals surface area contributed by atoms with E-state index in [4.69, 9.17) is 4.74 Å². The molecule has 1 aromatic heterocycles. The van der Waals surface area contributed by atoms with Gasteiger partial charge in [-0.05, 0) is 13.0 Å². The summed E-state index contributed by atoms with van der Waals surface area (Å²) in [4.78, 5) is 23.0. The molecule has 0 radical (unpaired) electrons. The Labute approximate surface area is 135 Å². The predicted molar refractivity (Wildman–Crippen MR) is 86.4 cm³/mol. The maximum absolute atomic E-state index is 13.0. The molecule has 1 N–H and O–H groups in total. The lowest BCUT2D eigenvalue weighted by atomic mass is 10.0. The molecule has 1 unspecified atom stereocenters. The summed E-state index contributed by atoms with van der Waals surface area (Å²) in [5.74, 6) is 0.750. The molecule has 6 heteroatoms. The van der Waals surface area contributed by atoms with Gasteiger partial charge in [-0.25, -0.2) is 9.97 Å². The minimum absolute atomic E-state index is 0.0412. The predicted octanol–water partition coefficient (Wildman–Crippen LogP) is 1.58. The van der Waals surface area contributed by atoms with E-state index in [1.165, 1.54) is 6.33 Å². The average Bonchev–Trinajstić information content (AvgIpc) is 2.61. The lowest BCUT2D eigenvalue weighted by Crippen LogP contribution is -2.49. The number of amides is 1. The topological polar surface area (TPSA) is 67.3 Å². The van der Waals surface area contributed by atoms with Crippen LogP contribution in [0.5, 0.6) is 5.75 Å². The lowest BCUT2D eigenvalue weighted by molar-refractivity contribution is 0.0630. The molecule has 6 nitrogen and oxygen atoms in total. The first kappa shape index (κ1) is 15.4. The van der Waals surface area contributed by atoms with E-state index >= 15 is 0 Å². The fourth-order valence-electron chi connectivity index (χ4n) is 2.92. The van der Waals surface area contributed by atoms with E-state index in [1.54, 1.807) is 13.3 Å². The van der Waals surface area contributed by atoms with Gasteiger partial charge in [0.15, 0.2) is 0 Å². The van der Waals surface area contributed by atoms with Crippen LogP contribution >= 0.6 is 0 Å². The molecule has 1 aromatic carbocycles. The number of nitrogens with one attached hydrogen (secondary N) is 1. The highest BCUT2D eigenvalue weighted by molar-refractivity contribution is 5.95. The number of rotatable bonds is 3. The van der Waals surface area contributed by atoms with Crippen molar-refractivity contribution in [3.05, 3.63) is 53.6 Å². The Morgan fingerprint density at radius 1 is 1.39 bits per heavy atom. The number of piperazine rings is 1. The molecule has 2 heterocycles. The molecule has 1 aliphatic heterocycles. The van der Waals surface area contributed by atoms with E-state index in [0.717, 1.165) is 17.9 Å². The van der Waals surface area contributed by atoms with Crippen LogP contribution in [0.15, 0.2) is 36.8 Å². The third-order valence-corrected chi connectivity index (χ3v) is 4.14. The van der Waals surface area contributed by atoms with Crippen LogP contribution in [0.3, 0.4) is 0 Å². The number of para-hydroxylation sites is 1. The summed E-state index contributed by atoms with van der Waals surface area (Å²) >= 11 is 0. The minimum Gasteiger partial charge on any atom is -0.496 e. The van der Waals surface area contributed by atoms with Gasteiger partial charge >= 0.3 is 0 Å². The Morgan fingerprint density at radius 2 is 2.22 bits per heavy atom. The van der Waals surface area contributed by atoms with E-state index < -0.39 is 0 Å². The average molecular weight is 312 g/mol. The lowest BCUT2D eigenvalue weighted by Gasteiger charge is -2.37. The van der Waals surface area contributed by atoms with Crippen molar-refractivity contribution < 1.29 is 9.53 Å². The molecule has 1 aliphatic rings. The van der Waals surface area contributed by atoms with E-state index in [-0.39, 0.29) is 11.9 Å². The summed E-state index contributed by atoms with van der Waals surface area (Å²) in [6.07, 6.45) is 3.05. The number of nitrogens with zero attached hydrogens (tertiary/aromatic N) is 3. The van der Waals surface area contributed by atoms with Gasteiger partial charge in [-0.1, -0.05) is 18.2 Å². The zero-order valence-electron chi connectivity index (χ0n) is 13.3. The zero-order valence-corrected chi connectivity index (χ0v) is 13.3. The summed E-state index contributed by atoms with van der Waals surface area (Å²) in [5.41, 5.74) is 2.25. The maximum Gasteiger partial charge on any atom is 0.257 e. The number of hydrogen-bond donors (Lipinski definition) is 1. The van der Waals surface area contributed by atoms with E-state index in [2.05, 4.69) is 15.3 Å². The third kappa shape index (κ3) is 3.03. The Kier molecular flexibility index (Phi) is 4.52. The molecule has 0 aliphatic carbocycles. The largest absolute Gasteiger partial charge is 0.496 e. The second-order valence-electron chi connectivity index (χ2n) is 5.48. The fourth-order valence-corrected chi connectivity index (χ4v) is 2.92. The normalized spacial score (nSPS) is 17.8. The van der Waals surface area contributed by atoms with Crippen LogP contribution in [-0.2, 0) is 0 Å². The fraction of sp³-hybridized carbons (Fsp3) is 0.353. The van der Waals surface area contributed by atoms with Gasteiger partial charge in [0.2, 0.25) is 0 Å². The molecule has 1 amide bonds. The molecular formula is C17H20N4O2. The number of ether oxygens (including phenoxy) is 1. The van der Waals surface area contributed by atoms with Crippen LogP contribution in [0.25, 0.3) is 0 Å². The number of hydrogen-bond acceptors (Lipinski definition) is 5. The van der Waals surface area contributed by atoms with Crippen molar-refractivity contribution in [3.63, 3.8) is 0 Å². The Morgan fingerprint density at radius 3 is 3.00 bits per heavy atom. The van der Waals surface area contributed by atoms with E-state index in [9.17, 15) is 4.79 Å². The van der Waals surface area contributed by atoms with Crippen LogP contribution in [0.2, 0.25) is 0 Å². The quantitative estimate of drug-likeness (QED) is 0.932. The zero-order chi connectivity index (χ0) is 16.2. The number of benzene rings is 1. The highest BCUT2D eigenvalue weighted by Crippen LogP contribution is 2.31. The van der Waals surface area contributed by atoms with Crippen LogP contribution in [0.1, 0.15) is 27.7 Å². The molecule has 2 aromatic rings. The molecule has 1 fully saturated rings. The van der Waals surface area contributed by atoms with Crippen molar-refractivity contribution in [1.82, 2.24) is 20.2 Å². The minimum atomic E-state index is -0.0768. The monoisotopic (exact) mass is 312 g/mol. The number of carbonyl (C=O) groups is 1. The molecule has 0 saturated carbocycles. The molecule has 0 bridgehead atoms. The van der Waals surface area contributed by atoms with Gasteiger partial charge in [0.05, 0.1) is 24.4 Å². The molecule has 1 saturated heterocycles. The molecule has 23 heavy (non-hydrogen) atoms. The standard InChI is InChI=1S/C17H20N4O2/c1-12-14(9-19-11-20-12)17(22)21-8-7-18-10-15(21)13-5-3-4-6-16(13)23-2/h3-6,9,11,15,18H,7-8,10H2,1-2H3. The molecule has 1 atom stereocenters. The van der Waals surface area contributed by atoms with Gasteiger partial charge in [0, 0.05) is 31.4 Å². The number of carbonyl (C=O) groups excluding carboxylic acids is 1. The number of aromatic nitrogens is 2. The van der Waals surface area contributed by atoms with Crippen LogP contribution in [0.4, 0.5) is 0 Å². The molecule has 0 spiro atoms.